The van der Waals surface area contributed by atoms with Crippen LogP contribution in [0.15, 0.2) is 17.5 Å². The topological polar surface area (TPSA) is 61.4 Å². The maximum Gasteiger partial charge on any atom is 0.237 e. The highest BCUT2D eigenvalue weighted by molar-refractivity contribution is 7.10. The number of nitrogens with one attached hydrogen (secondary N) is 2. The lowest BCUT2D eigenvalue weighted by atomic mass is 10.1. The van der Waals surface area contributed by atoms with E-state index in [1.54, 1.807) is 0 Å². The lowest BCUT2D eigenvalue weighted by Crippen LogP contribution is -2.49. The molecule has 1 aromatic rings. The van der Waals surface area contributed by atoms with Gasteiger partial charge in [0.05, 0.1) is 6.04 Å². The maximum atomic E-state index is 11.4. The molecule has 0 aliphatic carbocycles. The second kappa shape index (κ2) is 5.43. The van der Waals surface area contributed by atoms with Gasteiger partial charge in [0.15, 0.2) is 0 Å². The smallest absolute Gasteiger partial charge is 0.237 e. The number of thiophene rings is 1. The largest absolute Gasteiger partial charge is 0.386 e. The van der Waals surface area contributed by atoms with Crippen molar-refractivity contribution in [2.45, 2.75) is 25.0 Å². The van der Waals surface area contributed by atoms with Gasteiger partial charge in [0.25, 0.3) is 0 Å². The summed E-state index contributed by atoms with van der Waals surface area (Å²) in [5.41, 5.74) is 0. The number of hydrogen-bond acceptors (Lipinski definition) is 4. The molecule has 0 bridgehead atoms. The molecule has 3 N–H and O–H groups in total. The van der Waals surface area contributed by atoms with E-state index in [1.807, 2.05) is 17.5 Å². The third-order valence-corrected chi connectivity index (χ3v) is 3.69. The quantitative estimate of drug-likeness (QED) is 0.724. The zero-order chi connectivity index (χ0) is 11.4. The van der Waals surface area contributed by atoms with E-state index in [1.165, 1.54) is 11.3 Å². The van der Waals surface area contributed by atoms with Gasteiger partial charge in [-0.2, -0.15) is 0 Å². The van der Waals surface area contributed by atoms with Crippen LogP contribution in [-0.4, -0.2) is 30.1 Å². The van der Waals surface area contributed by atoms with Crippen LogP contribution >= 0.6 is 11.3 Å². The zero-order valence-corrected chi connectivity index (χ0v) is 9.80. The number of aliphatic hydroxyl groups excluding tert-OH is 1. The third-order valence-electron chi connectivity index (χ3n) is 2.71. The Bertz CT molecular complexity index is 340. The molecular weight excluding hydrogens is 224 g/mol. The van der Waals surface area contributed by atoms with Crippen molar-refractivity contribution in [2.24, 2.45) is 0 Å². The molecular formula is C11H16N2O2S. The van der Waals surface area contributed by atoms with Gasteiger partial charge in [-0.1, -0.05) is 6.07 Å². The second-order valence-corrected chi connectivity index (χ2v) is 4.90. The first-order valence-electron chi connectivity index (χ1n) is 5.50. The Morgan fingerprint density at radius 1 is 1.69 bits per heavy atom. The van der Waals surface area contributed by atoms with E-state index in [2.05, 4.69) is 10.6 Å². The maximum absolute atomic E-state index is 11.4. The van der Waals surface area contributed by atoms with Crippen LogP contribution in [0.3, 0.4) is 0 Å². The molecule has 88 valence electrons. The predicted molar refractivity (Wildman–Crippen MR) is 63.3 cm³/mol. The van der Waals surface area contributed by atoms with E-state index < -0.39 is 6.10 Å². The minimum Gasteiger partial charge on any atom is -0.386 e. The summed E-state index contributed by atoms with van der Waals surface area (Å²) in [4.78, 5) is 12.4. The minimum atomic E-state index is -0.519. The van der Waals surface area contributed by atoms with Crippen molar-refractivity contribution in [3.63, 3.8) is 0 Å². The molecule has 1 aliphatic rings. The fraction of sp³-hybridized carbons (Fsp3) is 0.545. The minimum absolute atomic E-state index is 0.0460. The van der Waals surface area contributed by atoms with Crippen molar-refractivity contribution in [3.05, 3.63) is 22.4 Å². The summed E-state index contributed by atoms with van der Waals surface area (Å²) in [6.07, 6.45) is 1.33. The molecule has 4 nitrogen and oxygen atoms in total. The van der Waals surface area contributed by atoms with Crippen LogP contribution < -0.4 is 10.6 Å². The predicted octanol–water partition coefficient (Wildman–Crippen LogP) is 0.650. The Hall–Kier alpha value is -0.910. The van der Waals surface area contributed by atoms with E-state index in [9.17, 15) is 9.90 Å². The van der Waals surface area contributed by atoms with Crippen molar-refractivity contribution in [1.29, 1.82) is 0 Å². The van der Waals surface area contributed by atoms with Crippen molar-refractivity contribution in [2.75, 3.05) is 13.1 Å². The molecule has 1 aromatic heterocycles. The number of carbonyl (C=O) groups is 1. The first-order valence-corrected chi connectivity index (χ1v) is 6.38. The summed E-state index contributed by atoms with van der Waals surface area (Å²) < 4.78 is 0. The van der Waals surface area contributed by atoms with Crippen molar-refractivity contribution in [3.8, 4) is 0 Å². The first kappa shape index (κ1) is 11.6. The van der Waals surface area contributed by atoms with E-state index in [0.717, 1.165) is 24.3 Å². The number of rotatable bonds is 4. The first-order chi connectivity index (χ1) is 7.77. The summed E-state index contributed by atoms with van der Waals surface area (Å²) in [6, 6.07) is 3.66. The standard InChI is InChI=1S/C11H16N2O2S/c14-9(10-4-2-6-16-10)7-13-8-3-1-5-12-11(8)15/h2,4,6,8-9,13-14H,1,3,5,7H2,(H,12,15). The van der Waals surface area contributed by atoms with Gasteiger partial charge < -0.3 is 15.7 Å². The Morgan fingerprint density at radius 2 is 2.56 bits per heavy atom. The number of carbonyl (C=O) groups excluding carboxylic acids is 1. The van der Waals surface area contributed by atoms with Crippen LogP contribution in [0.2, 0.25) is 0 Å². The van der Waals surface area contributed by atoms with Gasteiger partial charge in [-0.3, -0.25) is 4.79 Å². The molecule has 1 fully saturated rings. The van der Waals surface area contributed by atoms with Crippen molar-refractivity contribution in [1.82, 2.24) is 10.6 Å². The SMILES string of the molecule is O=C1NCCCC1NCC(O)c1cccs1. The second-order valence-electron chi connectivity index (χ2n) is 3.93. The van der Waals surface area contributed by atoms with Gasteiger partial charge in [0, 0.05) is 18.0 Å². The highest BCUT2D eigenvalue weighted by Crippen LogP contribution is 2.18. The zero-order valence-electron chi connectivity index (χ0n) is 8.98. The number of hydrogen-bond donors (Lipinski definition) is 3. The molecule has 2 atom stereocenters. The molecule has 1 amide bonds. The van der Waals surface area contributed by atoms with Gasteiger partial charge in [0.2, 0.25) is 5.91 Å². The fourth-order valence-electron chi connectivity index (χ4n) is 1.80. The van der Waals surface area contributed by atoms with Gasteiger partial charge in [-0.05, 0) is 24.3 Å². The molecule has 5 heteroatoms. The number of piperidine rings is 1. The van der Waals surface area contributed by atoms with Gasteiger partial charge in [0.1, 0.15) is 6.10 Å². The van der Waals surface area contributed by atoms with E-state index >= 15 is 0 Å². The summed E-state index contributed by atoms with van der Waals surface area (Å²) in [5, 5.41) is 17.7. The van der Waals surface area contributed by atoms with Crippen LogP contribution in [0.4, 0.5) is 0 Å². The summed E-state index contributed by atoms with van der Waals surface area (Å²) in [5.74, 6) is 0.0460. The molecule has 1 saturated heterocycles. The normalized spacial score (nSPS) is 22.8. The summed E-state index contributed by atoms with van der Waals surface area (Å²) in [6.45, 7) is 1.20. The highest BCUT2D eigenvalue weighted by Gasteiger charge is 2.22. The molecule has 2 rings (SSSR count). The molecule has 1 aliphatic heterocycles. The molecule has 2 unspecified atom stereocenters. The van der Waals surface area contributed by atoms with Crippen molar-refractivity contribution >= 4 is 17.2 Å². The molecule has 2 heterocycles. The lowest BCUT2D eigenvalue weighted by Gasteiger charge is -2.23. The Labute approximate surface area is 98.7 Å². The van der Waals surface area contributed by atoms with Gasteiger partial charge in [-0.25, -0.2) is 0 Å². The average molecular weight is 240 g/mol. The third kappa shape index (κ3) is 2.81. The van der Waals surface area contributed by atoms with Crippen LogP contribution in [0.1, 0.15) is 23.8 Å². The lowest BCUT2D eigenvalue weighted by molar-refractivity contribution is -0.124. The Kier molecular flexibility index (Phi) is 3.93. The molecule has 0 spiro atoms. The van der Waals surface area contributed by atoms with E-state index in [4.69, 9.17) is 0 Å². The number of aliphatic hydroxyl groups is 1. The van der Waals surface area contributed by atoms with Crippen LogP contribution in [-0.2, 0) is 4.79 Å². The van der Waals surface area contributed by atoms with Gasteiger partial charge in [-0.15, -0.1) is 11.3 Å². The monoisotopic (exact) mass is 240 g/mol. The summed E-state index contributed by atoms with van der Waals surface area (Å²) in [7, 11) is 0. The van der Waals surface area contributed by atoms with Crippen LogP contribution in [0, 0.1) is 0 Å². The molecule has 0 aromatic carbocycles. The highest BCUT2D eigenvalue weighted by atomic mass is 32.1. The Morgan fingerprint density at radius 3 is 3.25 bits per heavy atom. The van der Waals surface area contributed by atoms with Crippen molar-refractivity contribution < 1.29 is 9.90 Å². The molecule has 16 heavy (non-hydrogen) atoms. The molecule has 0 saturated carbocycles. The summed E-state index contributed by atoms with van der Waals surface area (Å²) >= 11 is 1.53. The average Bonchev–Trinajstić information content (AvgIpc) is 2.81. The Balaban J connectivity index is 1.80. The fourth-order valence-corrected chi connectivity index (χ4v) is 2.51. The van der Waals surface area contributed by atoms with Crippen LogP contribution in [0.25, 0.3) is 0 Å². The van der Waals surface area contributed by atoms with Gasteiger partial charge >= 0.3 is 0 Å². The van der Waals surface area contributed by atoms with E-state index in [0.29, 0.717) is 6.54 Å². The van der Waals surface area contributed by atoms with Crippen LogP contribution in [0.5, 0.6) is 0 Å². The van der Waals surface area contributed by atoms with E-state index in [-0.39, 0.29) is 11.9 Å². The molecule has 0 radical (unpaired) electrons. The number of amides is 1.